The highest BCUT2D eigenvalue weighted by Gasteiger charge is 2.39. The average molecular weight is 1130 g/mol. The number of carbonyl (C=O) groups is 1. The van der Waals surface area contributed by atoms with Crippen molar-refractivity contribution in [1.82, 2.24) is 0 Å². The first-order valence-corrected chi connectivity index (χ1v) is 21.5. The van der Waals surface area contributed by atoms with Gasteiger partial charge in [-0.1, -0.05) is 48.0 Å². The molecule has 0 bridgehead atoms. The Bertz CT molecular complexity index is 3480. The fourth-order valence-corrected chi connectivity index (χ4v) is 8.76. The number of aromatic carboxylic acids is 1. The Hall–Kier alpha value is -8.13. The van der Waals surface area contributed by atoms with Gasteiger partial charge < -0.3 is 24.1 Å². The van der Waals surface area contributed by atoms with E-state index >= 15 is 8.78 Å². The highest BCUT2D eigenvalue weighted by molar-refractivity contribution is 7.97. The number of carbonyl (C=O) groups excluding carboxylic acids is 1. The molecule has 394 valence electrons. The van der Waals surface area contributed by atoms with Gasteiger partial charge in [0.15, 0.2) is 49.5 Å². The number of rotatable bonds is 11. The van der Waals surface area contributed by atoms with Gasteiger partial charge in [0.05, 0.1) is 22.4 Å². The minimum atomic E-state index is -3.17. The van der Waals surface area contributed by atoms with Crippen LogP contribution in [0, 0.1) is 116 Å². The lowest BCUT2D eigenvalue weighted by Crippen LogP contribution is -2.24. The third kappa shape index (κ3) is 10.1. The zero-order valence-corrected chi connectivity index (χ0v) is 37.6. The molecule has 0 atom stereocenters. The Kier molecular flexibility index (Phi) is 16.1. The highest BCUT2D eigenvalue weighted by Crippen LogP contribution is 2.55. The first-order valence-electron chi connectivity index (χ1n) is 19.9. The van der Waals surface area contributed by atoms with Gasteiger partial charge in [0.1, 0.15) is 0 Å². The van der Waals surface area contributed by atoms with Crippen molar-refractivity contribution < 1.29 is 112 Å². The zero-order chi connectivity index (χ0) is 55.9. The molecule has 0 aromatic heterocycles. The minimum Gasteiger partial charge on any atom is -0.545 e. The molecule has 0 radical (unpaired) electrons. The van der Waals surface area contributed by atoms with Crippen LogP contribution in [-0.4, -0.2) is 5.97 Å². The van der Waals surface area contributed by atoms with Crippen LogP contribution in [0.1, 0.15) is 10.4 Å². The largest absolute Gasteiger partial charge is 0.545 e. The van der Waals surface area contributed by atoms with E-state index in [1.807, 2.05) is 12.1 Å². The summed E-state index contributed by atoms with van der Waals surface area (Å²) in [7, 11) is -0.0815. The van der Waals surface area contributed by atoms with Crippen LogP contribution < -0.4 is 19.3 Å². The van der Waals surface area contributed by atoms with E-state index in [4.69, 9.17) is 11.6 Å². The molecule has 0 saturated carbocycles. The number of hydrogen-bond acceptors (Lipinski definition) is 5. The molecule has 8 aromatic rings. The number of carboxylic acids is 1. The van der Waals surface area contributed by atoms with Crippen LogP contribution in [0.15, 0.2) is 106 Å². The van der Waals surface area contributed by atoms with Gasteiger partial charge in [0, 0.05) is 16.1 Å². The summed E-state index contributed by atoms with van der Waals surface area (Å²) in [6, 6.07) is 28.7. The summed E-state index contributed by atoms with van der Waals surface area (Å²) in [6.45, 7) is 0. The second-order valence-corrected chi connectivity index (χ2v) is 17.0. The van der Waals surface area contributed by atoms with Crippen LogP contribution in [0.5, 0.6) is 34.5 Å². The van der Waals surface area contributed by atoms with Crippen molar-refractivity contribution in [1.29, 1.82) is 0 Å². The van der Waals surface area contributed by atoms with Crippen LogP contribution in [-0.2, 0) is 10.9 Å². The van der Waals surface area contributed by atoms with Crippen molar-refractivity contribution >= 4 is 28.5 Å². The summed E-state index contributed by atoms with van der Waals surface area (Å²) in [4.78, 5) is 16.2. The predicted molar refractivity (Wildman–Crippen MR) is 221 cm³/mol. The second kappa shape index (κ2) is 22.0. The summed E-state index contributed by atoms with van der Waals surface area (Å²) in [6.07, 6.45) is 0. The third-order valence-corrected chi connectivity index (χ3v) is 12.5. The Morgan fingerprint density at radius 2 is 0.632 bits per heavy atom. The molecule has 0 spiro atoms. The van der Waals surface area contributed by atoms with Gasteiger partial charge in [-0.05, 0) is 54.6 Å². The highest BCUT2D eigenvalue weighted by atomic mass is 35.5. The fourth-order valence-electron chi connectivity index (χ4n) is 6.55. The van der Waals surface area contributed by atoms with Crippen LogP contribution >= 0.6 is 11.6 Å². The standard InChI is InChI=1S/C31H2F20O5.C18H14ClS/c32-6-5(7(33)9(35)10(36)8(6)34)4-2(31(52)53)1-3(54-28-20(46)14(40)11(37)15(41)21(28)47)26(55-29-22(48)16(42)12(38)17(43)23(29)49)27(4)56-30-24(50)18(44)13(39)19(45)25(30)51;19-15-11-13-18(14-12-15)20(16-7-3-1-4-8-16)17-9-5-2-6-10-17/h1H,(H,52,53);1-14H/q;+1/p-1. The minimum absolute atomic E-state index is 0.0815. The van der Waals surface area contributed by atoms with Crippen molar-refractivity contribution in [2.24, 2.45) is 0 Å². The maximum atomic E-state index is 15.2. The molecule has 0 saturated heterocycles. The van der Waals surface area contributed by atoms with Crippen molar-refractivity contribution in [2.75, 3.05) is 0 Å². The number of carboxylic acid groups (broad SMARTS) is 1. The Balaban J connectivity index is 0.000000348. The molecule has 0 amide bonds. The summed E-state index contributed by atoms with van der Waals surface area (Å²) in [5, 5.41) is 13.1. The quantitative estimate of drug-likeness (QED) is 0.0559. The van der Waals surface area contributed by atoms with E-state index < -0.39 is 180 Å². The van der Waals surface area contributed by atoms with Crippen molar-refractivity contribution in [2.45, 2.75) is 14.7 Å². The van der Waals surface area contributed by atoms with Crippen molar-refractivity contribution in [3.8, 4) is 45.6 Å². The summed E-state index contributed by atoms with van der Waals surface area (Å²) < 4.78 is 302. The van der Waals surface area contributed by atoms with Crippen LogP contribution in [0.2, 0.25) is 5.02 Å². The molecule has 0 aliphatic heterocycles. The van der Waals surface area contributed by atoms with Gasteiger partial charge in [-0.25, -0.2) is 61.5 Å². The Morgan fingerprint density at radius 3 is 0.974 bits per heavy atom. The van der Waals surface area contributed by atoms with E-state index in [0.717, 1.165) is 5.02 Å². The molecule has 0 heterocycles. The van der Waals surface area contributed by atoms with Crippen LogP contribution in [0.3, 0.4) is 0 Å². The SMILES string of the molecule is Clc1ccc([S+](c2ccccc2)c2ccccc2)cc1.O=C([O-])c1cc(Oc2c(F)c(F)c(F)c(F)c2F)c(Oc2c(F)c(F)c(F)c(F)c2F)c(Oc2c(F)c(F)c(F)c(F)c2F)c1-c1c(F)c(F)c(F)c(F)c1F. The smallest absolute Gasteiger partial charge is 0.213 e. The van der Waals surface area contributed by atoms with E-state index in [-0.39, 0.29) is 10.9 Å². The zero-order valence-electron chi connectivity index (χ0n) is 36.0. The van der Waals surface area contributed by atoms with Crippen LogP contribution in [0.25, 0.3) is 11.1 Å². The number of halogens is 21. The fraction of sp³-hybridized carbons (Fsp3) is 0. The maximum Gasteiger partial charge on any atom is 0.213 e. The van der Waals surface area contributed by atoms with Gasteiger partial charge >= 0.3 is 0 Å². The van der Waals surface area contributed by atoms with Gasteiger partial charge in [0.25, 0.3) is 0 Å². The van der Waals surface area contributed by atoms with E-state index in [2.05, 4.69) is 87.0 Å². The molecule has 76 heavy (non-hydrogen) atoms. The molecule has 0 N–H and O–H groups in total. The van der Waals surface area contributed by atoms with Gasteiger partial charge in [-0.2, -0.15) is 26.3 Å². The summed E-state index contributed by atoms with van der Waals surface area (Å²) in [5.41, 5.74) is -7.70. The van der Waals surface area contributed by atoms with E-state index in [1.165, 1.54) is 14.7 Å². The van der Waals surface area contributed by atoms with Crippen LogP contribution in [0.4, 0.5) is 87.8 Å². The summed E-state index contributed by atoms with van der Waals surface area (Å²) >= 11 is 6.01. The third-order valence-electron chi connectivity index (χ3n) is 10.0. The Labute approximate surface area is 417 Å². The van der Waals surface area contributed by atoms with E-state index in [0.29, 0.717) is 0 Å². The lowest BCUT2D eigenvalue weighted by Gasteiger charge is -2.24. The molecule has 0 unspecified atom stereocenters. The van der Waals surface area contributed by atoms with Gasteiger partial charge in [-0.3, -0.25) is 0 Å². The lowest BCUT2D eigenvalue weighted by atomic mass is 9.95. The second-order valence-electron chi connectivity index (χ2n) is 14.6. The maximum absolute atomic E-state index is 15.2. The monoisotopic (exact) mass is 1130 g/mol. The van der Waals surface area contributed by atoms with E-state index in [1.54, 1.807) is 0 Å². The molecule has 8 aromatic carbocycles. The number of ether oxygens (including phenoxy) is 3. The number of hydrogen-bond donors (Lipinski definition) is 0. The summed E-state index contributed by atoms with van der Waals surface area (Å²) in [5.74, 6) is -81.2. The lowest BCUT2D eigenvalue weighted by molar-refractivity contribution is -0.255. The Morgan fingerprint density at radius 1 is 0.342 bits per heavy atom. The van der Waals surface area contributed by atoms with Gasteiger partial charge in [-0.15, -0.1) is 0 Å². The molecule has 27 heteroatoms. The average Bonchev–Trinajstić information content (AvgIpc) is 3.48. The van der Waals surface area contributed by atoms with E-state index in [9.17, 15) is 88.9 Å². The molecule has 8 rings (SSSR count). The normalized spacial score (nSPS) is 11.2. The predicted octanol–water partition coefficient (Wildman–Crippen LogP) is 15.3. The first-order chi connectivity index (χ1) is 35.8. The van der Waals surface area contributed by atoms with Crippen molar-refractivity contribution in [3.63, 3.8) is 0 Å². The van der Waals surface area contributed by atoms with Gasteiger partial charge in [0.2, 0.25) is 116 Å². The molecular weight excluding hydrogens is 1120 g/mol. The molecule has 5 nitrogen and oxygen atoms in total. The molecule has 0 aliphatic carbocycles. The molecule has 0 aliphatic rings. The number of benzene rings is 8. The van der Waals surface area contributed by atoms with Crippen molar-refractivity contribution in [3.05, 3.63) is 218 Å². The first kappa shape index (κ1) is 55.6. The molecular formula is C49H15ClF20O5S. The molecule has 0 fully saturated rings. The topological polar surface area (TPSA) is 67.8 Å².